The second-order valence-corrected chi connectivity index (χ2v) is 9.90. The molecule has 1 heteroatoms. The Labute approximate surface area is 223 Å². The first-order valence-corrected chi connectivity index (χ1v) is 13.1. The number of rotatable bonds is 4. The lowest BCUT2D eigenvalue weighted by molar-refractivity contribution is 0.770. The topological polar surface area (TPSA) is 26.0 Å². The molecule has 0 atom stereocenters. The van der Waals surface area contributed by atoms with Gasteiger partial charge in [0.05, 0.1) is 5.41 Å². The summed E-state index contributed by atoms with van der Waals surface area (Å²) < 4.78 is 0. The maximum atomic E-state index is 7.23. The second kappa shape index (κ2) is 8.90. The van der Waals surface area contributed by atoms with Crippen molar-refractivity contribution in [3.63, 3.8) is 0 Å². The molecule has 7 rings (SSSR count). The van der Waals surface area contributed by atoms with Crippen molar-refractivity contribution in [1.82, 2.24) is 0 Å². The summed E-state index contributed by atoms with van der Waals surface area (Å²) in [5, 5.41) is 0. The SMILES string of the molecule is Nc1c(-c2ccccc2)cc2c(c1-c1ccccc1)C(c1ccccc1)(c1ccccc1)c1ccccc1-2. The summed E-state index contributed by atoms with van der Waals surface area (Å²) in [7, 11) is 0. The fourth-order valence-corrected chi connectivity index (χ4v) is 6.38. The molecule has 0 aliphatic heterocycles. The number of benzene rings is 6. The summed E-state index contributed by atoms with van der Waals surface area (Å²) >= 11 is 0. The Morgan fingerprint density at radius 2 is 0.895 bits per heavy atom. The Bertz CT molecular complexity index is 1700. The standard InChI is InChI=1S/C37H27N/c38-36-31(26-15-5-1-6-16-26)25-32-30-23-13-14-24-33(30)37(28-19-9-3-10-20-28,29-21-11-4-12-22-29)35(32)34(36)27-17-7-2-8-18-27/h1-25H,38H2. The molecule has 0 aromatic heterocycles. The Kier molecular flexibility index (Phi) is 5.23. The van der Waals surface area contributed by atoms with Gasteiger partial charge in [-0.2, -0.15) is 0 Å². The summed E-state index contributed by atoms with van der Waals surface area (Å²) in [4.78, 5) is 0. The van der Waals surface area contributed by atoms with Crippen molar-refractivity contribution in [3.05, 3.63) is 174 Å². The summed E-state index contributed by atoms with van der Waals surface area (Å²) in [6.45, 7) is 0. The number of anilines is 1. The van der Waals surface area contributed by atoms with Crippen molar-refractivity contribution in [1.29, 1.82) is 0 Å². The summed E-state index contributed by atoms with van der Waals surface area (Å²) in [5.74, 6) is 0. The number of nitrogens with two attached hydrogens (primary N) is 1. The van der Waals surface area contributed by atoms with E-state index in [2.05, 4.69) is 152 Å². The second-order valence-electron chi connectivity index (χ2n) is 9.90. The molecule has 0 unspecified atom stereocenters. The quantitative estimate of drug-likeness (QED) is 0.247. The van der Waals surface area contributed by atoms with E-state index in [-0.39, 0.29) is 0 Å². The van der Waals surface area contributed by atoms with E-state index in [1.54, 1.807) is 0 Å². The smallest absolute Gasteiger partial charge is 0.0720 e. The molecule has 0 bridgehead atoms. The minimum Gasteiger partial charge on any atom is -0.398 e. The Hall–Kier alpha value is -4.88. The number of fused-ring (bicyclic) bond motifs is 3. The minimum atomic E-state index is -0.511. The molecular weight excluding hydrogens is 458 g/mol. The highest BCUT2D eigenvalue weighted by atomic mass is 14.6. The van der Waals surface area contributed by atoms with E-state index in [0.717, 1.165) is 27.9 Å². The average molecular weight is 486 g/mol. The fraction of sp³-hybridized carbons (Fsp3) is 0.0270. The molecule has 2 N–H and O–H groups in total. The van der Waals surface area contributed by atoms with Crippen LogP contribution in [-0.4, -0.2) is 0 Å². The van der Waals surface area contributed by atoms with Crippen LogP contribution in [0.25, 0.3) is 33.4 Å². The van der Waals surface area contributed by atoms with Gasteiger partial charge in [0, 0.05) is 16.8 Å². The third-order valence-electron chi connectivity index (χ3n) is 7.92. The largest absolute Gasteiger partial charge is 0.398 e. The highest BCUT2D eigenvalue weighted by molar-refractivity contribution is 6.02. The molecule has 0 saturated heterocycles. The predicted molar refractivity (Wildman–Crippen MR) is 159 cm³/mol. The minimum absolute atomic E-state index is 0.511. The molecule has 0 heterocycles. The Morgan fingerprint density at radius 3 is 1.47 bits per heavy atom. The lowest BCUT2D eigenvalue weighted by atomic mass is 9.65. The van der Waals surface area contributed by atoms with Crippen LogP contribution in [0.5, 0.6) is 0 Å². The molecule has 0 fully saturated rings. The number of nitrogen functional groups attached to an aromatic ring is 1. The van der Waals surface area contributed by atoms with Gasteiger partial charge >= 0.3 is 0 Å². The zero-order chi connectivity index (χ0) is 25.5. The van der Waals surface area contributed by atoms with Crippen LogP contribution < -0.4 is 5.73 Å². The first-order chi connectivity index (χ1) is 18.8. The van der Waals surface area contributed by atoms with Gasteiger partial charge in [0.2, 0.25) is 0 Å². The highest BCUT2D eigenvalue weighted by Crippen LogP contribution is 2.60. The first-order valence-electron chi connectivity index (χ1n) is 13.1. The van der Waals surface area contributed by atoms with Gasteiger partial charge in [-0.05, 0) is 50.6 Å². The van der Waals surface area contributed by atoms with Crippen molar-refractivity contribution in [2.75, 3.05) is 5.73 Å². The summed E-state index contributed by atoms with van der Waals surface area (Å²) in [5.41, 5.74) is 19.5. The molecule has 1 aliphatic carbocycles. The van der Waals surface area contributed by atoms with E-state index in [4.69, 9.17) is 5.73 Å². The van der Waals surface area contributed by atoms with Crippen molar-refractivity contribution in [2.45, 2.75) is 5.41 Å². The van der Waals surface area contributed by atoms with Crippen molar-refractivity contribution in [3.8, 4) is 33.4 Å². The van der Waals surface area contributed by atoms with Gasteiger partial charge in [0.25, 0.3) is 0 Å². The zero-order valence-corrected chi connectivity index (χ0v) is 21.0. The molecule has 0 saturated carbocycles. The van der Waals surface area contributed by atoms with E-state index in [1.165, 1.54) is 33.4 Å². The monoisotopic (exact) mass is 485 g/mol. The molecule has 6 aromatic carbocycles. The van der Waals surface area contributed by atoms with Gasteiger partial charge in [0.1, 0.15) is 0 Å². The molecule has 38 heavy (non-hydrogen) atoms. The van der Waals surface area contributed by atoms with E-state index in [9.17, 15) is 0 Å². The van der Waals surface area contributed by atoms with Gasteiger partial charge < -0.3 is 5.73 Å². The predicted octanol–water partition coefficient (Wildman–Crippen LogP) is 8.97. The molecule has 6 aromatic rings. The van der Waals surface area contributed by atoms with E-state index in [1.807, 2.05) is 0 Å². The lowest BCUT2D eigenvalue weighted by Crippen LogP contribution is -2.29. The third kappa shape index (κ3) is 3.19. The summed E-state index contributed by atoms with van der Waals surface area (Å²) in [6.07, 6.45) is 0. The van der Waals surface area contributed by atoms with Crippen LogP contribution in [0.1, 0.15) is 22.3 Å². The molecule has 0 amide bonds. The van der Waals surface area contributed by atoms with Crippen LogP contribution >= 0.6 is 0 Å². The van der Waals surface area contributed by atoms with Crippen LogP contribution in [0.4, 0.5) is 5.69 Å². The normalized spacial score (nSPS) is 13.1. The Balaban J connectivity index is 1.72. The molecule has 0 spiro atoms. The van der Waals surface area contributed by atoms with Crippen LogP contribution in [0.3, 0.4) is 0 Å². The Morgan fingerprint density at radius 1 is 0.421 bits per heavy atom. The van der Waals surface area contributed by atoms with E-state index < -0.39 is 5.41 Å². The van der Waals surface area contributed by atoms with Crippen LogP contribution in [0.15, 0.2) is 152 Å². The fourth-order valence-electron chi connectivity index (χ4n) is 6.38. The molecule has 1 aliphatic rings. The van der Waals surface area contributed by atoms with Crippen LogP contribution in [-0.2, 0) is 5.41 Å². The van der Waals surface area contributed by atoms with Gasteiger partial charge in [-0.15, -0.1) is 0 Å². The van der Waals surface area contributed by atoms with E-state index >= 15 is 0 Å². The zero-order valence-electron chi connectivity index (χ0n) is 21.0. The number of hydrogen-bond acceptors (Lipinski definition) is 1. The molecule has 0 radical (unpaired) electrons. The average Bonchev–Trinajstić information content (AvgIpc) is 3.29. The molecule has 1 nitrogen and oxygen atoms in total. The summed E-state index contributed by atoms with van der Waals surface area (Å²) in [6, 6.07) is 54.1. The van der Waals surface area contributed by atoms with Crippen LogP contribution in [0, 0.1) is 0 Å². The van der Waals surface area contributed by atoms with Gasteiger partial charge in [-0.3, -0.25) is 0 Å². The maximum Gasteiger partial charge on any atom is 0.0720 e. The number of hydrogen-bond donors (Lipinski definition) is 1. The van der Waals surface area contributed by atoms with Crippen molar-refractivity contribution >= 4 is 5.69 Å². The van der Waals surface area contributed by atoms with Gasteiger partial charge in [-0.1, -0.05) is 146 Å². The van der Waals surface area contributed by atoms with Crippen molar-refractivity contribution in [2.24, 2.45) is 0 Å². The van der Waals surface area contributed by atoms with Crippen LogP contribution in [0.2, 0.25) is 0 Å². The van der Waals surface area contributed by atoms with Gasteiger partial charge in [0.15, 0.2) is 0 Å². The molecular formula is C37H27N. The van der Waals surface area contributed by atoms with E-state index in [0.29, 0.717) is 0 Å². The van der Waals surface area contributed by atoms with Crippen molar-refractivity contribution < 1.29 is 0 Å². The highest BCUT2D eigenvalue weighted by Gasteiger charge is 2.48. The lowest BCUT2D eigenvalue weighted by Gasteiger charge is -2.36. The molecule has 180 valence electrons. The van der Waals surface area contributed by atoms with Gasteiger partial charge in [-0.25, -0.2) is 0 Å². The first kappa shape index (κ1) is 22.3. The third-order valence-corrected chi connectivity index (χ3v) is 7.92. The maximum absolute atomic E-state index is 7.23.